The third-order valence-electron chi connectivity index (χ3n) is 4.78. The summed E-state index contributed by atoms with van der Waals surface area (Å²) < 4.78 is 0. The normalized spacial score (nSPS) is 24.1. The monoisotopic (exact) mass is 282 g/mol. The minimum Gasteiger partial charge on any atom is -0.314 e. The first kappa shape index (κ1) is 18.0. The van der Waals surface area contributed by atoms with Gasteiger partial charge in [0.25, 0.3) is 0 Å². The van der Waals surface area contributed by atoms with Gasteiger partial charge >= 0.3 is 0 Å². The van der Waals surface area contributed by atoms with Crippen LogP contribution >= 0.6 is 0 Å². The molecule has 0 radical (unpaired) electrons. The fourth-order valence-corrected chi connectivity index (χ4v) is 3.39. The smallest absolute Gasteiger partial charge is 0.0195 e. The largest absolute Gasteiger partial charge is 0.314 e. The summed E-state index contributed by atoms with van der Waals surface area (Å²) in [7, 11) is 0. The molecule has 0 aromatic heterocycles. The summed E-state index contributed by atoms with van der Waals surface area (Å²) in [4.78, 5) is 2.70. The van der Waals surface area contributed by atoms with Crippen molar-refractivity contribution in [2.75, 3.05) is 19.6 Å². The Kier molecular flexibility index (Phi) is 10.4. The van der Waals surface area contributed by atoms with Gasteiger partial charge in [-0.25, -0.2) is 0 Å². The number of hydrogen-bond donors (Lipinski definition) is 1. The SMILES string of the molecule is CCCCCCCCCCCCN1C(C)CNCC1C. The van der Waals surface area contributed by atoms with E-state index in [4.69, 9.17) is 0 Å². The Balaban J connectivity index is 1.89. The van der Waals surface area contributed by atoms with Gasteiger partial charge in [0.2, 0.25) is 0 Å². The van der Waals surface area contributed by atoms with Crippen LogP contribution in [0.2, 0.25) is 0 Å². The molecule has 0 saturated carbocycles. The molecule has 2 heteroatoms. The van der Waals surface area contributed by atoms with Crippen molar-refractivity contribution in [3.05, 3.63) is 0 Å². The quantitative estimate of drug-likeness (QED) is 0.558. The molecule has 0 aromatic carbocycles. The van der Waals surface area contributed by atoms with Gasteiger partial charge < -0.3 is 5.32 Å². The number of rotatable bonds is 11. The maximum Gasteiger partial charge on any atom is 0.0195 e. The predicted molar refractivity (Wildman–Crippen MR) is 90.3 cm³/mol. The second-order valence-corrected chi connectivity index (χ2v) is 6.78. The highest BCUT2D eigenvalue weighted by Gasteiger charge is 2.23. The number of nitrogens with zero attached hydrogens (tertiary/aromatic N) is 1. The third-order valence-corrected chi connectivity index (χ3v) is 4.78. The molecule has 1 N–H and O–H groups in total. The highest BCUT2D eigenvalue weighted by atomic mass is 15.2. The molecule has 1 rings (SSSR count). The second kappa shape index (κ2) is 11.6. The predicted octanol–water partition coefficient (Wildman–Crippen LogP) is 4.59. The molecule has 0 aromatic rings. The minimum atomic E-state index is 0.720. The van der Waals surface area contributed by atoms with E-state index in [0.29, 0.717) is 0 Å². The Bertz CT molecular complexity index is 207. The van der Waals surface area contributed by atoms with E-state index in [-0.39, 0.29) is 0 Å². The van der Waals surface area contributed by atoms with E-state index >= 15 is 0 Å². The highest BCUT2D eigenvalue weighted by molar-refractivity contribution is 4.82. The second-order valence-electron chi connectivity index (χ2n) is 6.78. The minimum absolute atomic E-state index is 0.720. The summed E-state index contributed by atoms with van der Waals surface area (Å²) in [5.74, 6) is 0. The molecule has 0 aliphatic carbocycles. The molecular weight excluding hydrogens is 244 g/mol. The molecule has 1 fully saturated rings. The van der Waals surface area contributed by atoms with Crippen LogP contribution < -0.4 is 5.32 Å². The molecule has 0 amide bonds. The van der Waals surface area contributed by atoms with Gasteiger partial charge in [-0.15, -0.1) is 0 Å². The average Bonchev–Trinajstić information content (AvgIpc) is 2.43. The van der Waals surface area contributed by atoms with Gasteiger partial charge in [0.15, 0.2) is 0 Å². The van der Waals surface area contributed by atoms with Crippen molar-refractivity contribution >= 4 is 0 Å². The standard InChI is InChI=1S/C18H38N2/c1-4-5-6-7-8-9-10-11-12-13-14-20-17(2)15-19-16-18(20)3/h17-19H,4-16H2,1-3H3. The Morgan fingerprint density at radius 2 is 1.20 bits per heavy atom. The van der Waals surface area contributed by atoms with Crippen LogP contribution in [-0.4, -0.2) is 36.6 Å². The first-order valence-electron chi connectivity index (χ1n) is 9.22. The third kappa shape index (κ3) is 7.64. The molecule has 120 valence electrons. The molecule has 2 atom stereocenters. The van der Waals surface area contributed by atoms with Crippen LogP contribution in [0.4, 0.5) is 0 Å². The Morgan fingerprint density at radius 3 is 1.70 bits per heavy atom. The van der Waals surface area contributed by atoms with Crippen LogP contribution in [0.25, 0.3) is 0 Å². The maximum atomic E-state index is 3.51. The van der Waals surface area contributed by atoms with Crippen molar-refractivity contribution in [3.63, 3.8) is 0 Å². The van der Waals surface area contributed by atoms with E-state index in [2.05, 4.69) is 31.0 Å². The summed E-state index contributed by atoms with van der Waals surface area (Å²) >= 11 is 0. The van der Waals surface area contributed by atoms with E-state index < -0.39 is 0 Å². The zero-order chi connectivity index (χ0) is 14.6. The molecule has 20 heavy (non-hydrogen) atoms. The Hall–Kier alpha value is -0.0800. The zero-order valence-corrected chi connectivity index (χ0v) is 14.3. The number of hydrogen-bond acceptors (Lipinski definition) is 2. The van der Waals surface area contributed by atoms with Crippen LogP contribution in [0.15, 0.2) is 0 Å². The molecule has 2 unspecified atom stereocenters. The van der Waals surface area contributed by atoms with Gasteiger partial charge in [0.1, 0.15) is 0 Å². The first-order chi connectivity index (χ1) is 9.75. The Morgan fingerprint density at radius 1 is 0.750 bits per heavy atom. The molecule has 1 aliphatic rings. The van der Waals surface area contributed by atoms with Crippen molar-refractivity contribution in [1.82, 2.24) is 10.2 Å². The van der Waals surface area contributed by atoms with Crippen molar-refractivity contribution < 1.29 is 0 Å². The molecule has 1 heterocycles. The van der Waals surface area contributed by atoms with Crippen LogP contribution in [0.5, 0.6) is 0 Å². The van der Waals surface area contributed by atoms with E-state index in [9.17, 15) is 0 Å². The fourth-order valence-electron chi connectivity index (χ4n) is 3.39. The number of nitrogens with one attached hydrogen (secondary N) is 1. The van der Waals surface area contributed by atoms with Gasteiger partial charge in [0.05, 0.1) is 0 Å². The summed E-state index contributed by atoms with van der Waals surface area (Å²) in [6.07, 6.45) is 14.4. The van der Waals surface area contributed by atoms with E-state index in [0.717, 1.165) is 12.1 Å². The van der Waals surface area contributed by atoms with Crippen LogP contribution in [-0.2, 0) is 0 Å². The van der Waals surface area contributed by atoms with Gasteiger partial charge in [-0.1, -0.05) is 64.7 Å². The van der Waals surface area contributed by atoms with Gasteiger partial charge in [-0.2, -0.15) is 0 Å². The first-order valence-corrected chi connectivity index (χ1v) is 9.22. The lowest BCUT2D eigenvalue weighted by molar-refractivity contribution is 0.114. The lowest BCUT2D eigenvalue weighted by Gasteiger charge is -2.39. The van der Waals surface area contributed by atoms with Crippen LogP contribution in [0.1, 0.15) is 85.0 Å². The summed E-state index contributed by atoms with van der Waals surface area (Å²) in [6, 6.07) is 1.44. The summed E-state index contributed by atoms with van der Waals surface area (Å²) in [6.45, 7) is 10.7. The Labute approximate surface area is 127 Å². The van der Waals surface area contributed by atoms with Crippen molar-refractivity contribution in [2.45, 2.75) is 97.1 Å². The fraction of sp³-hybridized carbons (Fsp3) is 1.00. The van der Waals surface area contributed by atoms with Crippen LogP contribution in [0, 0.1) is 0 Å². The number of piperazine rings is 1. The molecular formula is C18H38N2. The average molecular weight is 283 g/mol. The lowest BCUT2D eigenvalue weighted by atomic mass is 10.1. The van der Waals surface area contributed by atoms with Gasteiger partial charge in [0, 0.05) is 25.2 Å². The van der Waals surface area contributed by atoms with Crippen LogP contribution in [0.3, 0.4) is 0 Å². The molecule has 1 aliphatic heterocycles. The van der Waals surface area contributed by atoms with E-state index in [1.807, 2.05) is 0 Å². The highest BCUT2D eigenvalue weighted by Crippen LogP contribution is 2.13. The molecule has 1 saturated heterocycles. The van der Waals surface area contributed by atoms with Crippen molar-refractivity contribution in [1.29, 1.82) is 0 Å². The lowest BCUT2D eigenvalue weighted by Crippen LogP contribution is -2.55. The topological polar surface area (TPSA) is 15.3 Å². The molecule has 2 nitrogen and oxygen atoms in total. The number of unbranched alkanes of at least 4 members (excludes halogenated alkanes) is 9. The van der Waals surface area contributed by atoms with Crippen molar-refractivity contribution in [3.8, 4) is 0 Å². The summed E-state index contributed by atoms with van der Waals surface area (Å²) in [5.41, 5.74) is 0. The van der Waals surface area contributed by atoms with Gasteiger partial charge in [-0.05, 0) is 26.8 Å². The van der Waals surface area contributed by atoms with Gasteiger partial charge in [-0.3, -0.25) is 4.90 Å². The zero-order valence-electron chi connectivity index (χ0n) is 14.3. The maximum absolute atomic E-state index is 3.51. The van der Waals surface area contributed by atoms with E-state index in [1.165, 1.54) is 83.8 Å². The van der Waals surface area contributed by atoms with Crippen molar-refractivity contribution in [2.24, 2.45) is 0 Å². The van der Waals surface area contributed by atoms with E-state index in [1.54, 1.807) is 0 Å². The summed E-state index contributed by atoms with van der Waals surface area (Å²) in [5, 5.41) is 3.51. The molecule has 0 bridgehead atoms. The molecule has 0 spiro atoms.